The lowest BCUT2D eigenvalue weighted by atomic mass is 9.67. The van der Waals surface area contributed by atoms with Gasteiger partial charge in [-0.2, -0.15) is 12.6 Å². The summed E-state index contributed by atoms with van der Waals surface area (Å²) in [6.07, 6.45) is 19.5. The highest BCUT2D eigenvalue weighted by molar-refractivity contribution is 7.80. The van der Waals surface area contributed by atoms with Crippen LogP contribution < -0.4 is 0 Å². The van der Waals surface area contributed by atoms with Crippen LogP contribution in [0.3, 0.4) is 0 Å². The summed E-state index contributed by atoms with van der Waals surface area (Å²) in [6.45, 7) is 2.45. The van der Waals surface area contributed by atoms with Gasteiger partial charge in [0.15, 0.2) is 0 Å². The molecule has 3 fully saturated rings. The van der Waals surface area contributed by atoms with Crippen molar-refractivity contribution in [3.8, 4) is 0 Å². The summed E-state index contributed by atoms with van der Waals surface area (Å²) < 4.78 is 0. The molecule has 2 unspecified atom stereocenters. The molecule has 0 heterocycles. The van der Waals surface area contributed by atoms with E-state index >= 15 is 0 Å². The predicted octanol–water partition coefficient (Wildman–Crippen LogP) is 6.50. The third kappa shape index (κ3) is 4.43. The van der Waals surface area contributed by atoms with Gasteiger partial charge in [0.1, 0.15) is 0 Å². The summed E-state index contributed by atoms with van der Waals surface area (Å²) in [7, 11) is 0. The van der Waals surface area contributed by atoms with Crippen LogP contribution in [0.25, 0.3) is 0 Å². The molecular weight excluding hydrogens is 272 g/mol. The molecule has 0 bridgehead atoms. The Morgan fingerprint density at radius 1 is 0.524 bits per heavy atom. The first kappa shape index (κ1) is 16.2. The summed E-state index contributed by atoms with van der Waals surface area (Å²) in [5.74, 6) is 5.32. The van der Waals surface area contributed by atoms with Gasteiger partial charge in [-0.15, -0.1) is 0 Å². The number of thiol groups is 1. The molecule has 0 nitrogen and oxygen atoms in total. The second-order valence-electron chi connectivity index (χ2n) is 8.62. The summed E-state index contributed by atoms with van der Waals surface area (Å²) in [5.41, 5.74) is 0. The van der Waals surface area contributed by atoms with Crippen LogP contribution in [0.1, 0.15) is 90.4 Å². The van der Waals surface area contributed by atoms with E-state index in [1.165, 1.54) is 44.9 Å². The van der Waals surface area contributed by atoms with Crippen molar-refractivity contribution in [3.05, 3.63) is 0 Å². The van der Waals surface area contributed by atoms with Crippen LogP contribution in [-0.2, 0) is 0 Å². The minimum Gasteiger partial charge on any atom is -0.176 e. The lowest BCUT2D eigenvalue weighted by molar-refractivity contribution is 0.123. The molecule has 0 radical (unpaired) electrons. The maximum absolute atomic E-state index is 4.73. The van der Waals surface area contributed by atoms with Crippen LogP contribution in [0.5, 0.6) is 0 Å². The van der Waals surface area contributed by atoms with Gasteiger partial charge < -0.3 is 0 Å². The van der Waals surface area contributed by atoms with Crippen LogP contribution in [0.2, 0.25) is 0 Å². The molecule has 0 aliphatic heterocycles. The summed E-state index contributed by atoms with van der Waals surface area (Å²) in [4.78, 5) is 0. The number of rotatable bonds is 2. The number of hydrogen-bond acceptors (Lipinski definition) is 1. The average molecular weight is 309 g/mol. The Kier molecular flexibility index (Phi) is 5.99. The molecular formula is C20H36S. The highest BCUT2D eigenvalue weighted by atomic mass is 32.1. The molecule has 0 spiro atoms. The molecule has 3 aliphatic carbocycles. The minimum absolute atomic E-state index is 0.704. The van der Waals surface area contributed by atoms with Crippen LogP contribution in [0.4, 0.5) is 0 Å². The maximum atomic E-state index is 4.73. The van der Waals surface area contributed by atoms with Gasteiger partial charge in [0.2, 0.25) is 0 Å². The van der Waals surface area contributed by atoms with Crippen molar-refractivity contribution in [1.29, 1.82) is 0 Å². The molecule has 1 heteroatoms. The van der Waals surface area contributed by atoms with Gasteiger partial charge in [0.05, 0.1) is 0 Å². The predicted molar refractivity (Wildman–Crippen MR) is 95.9 cm³/mol. The Labute approximate surface area is 138 Å². The normalized spacial score (nSPS) is 46.0. The molecule has 0 amide bonds. The molecule has 0 N–H and O–H groups in total. The van der Waals surface area contributed by atoms with Crippen molar-refractivity contribution >= 4 is 12.6 Å². The highest BCUT2D eigenvalue weighted by Crippen LogP contribution is 2.45. The second-order valence-corrected chi connectivity index (χ2v) is 9.35. The van der Waals surface area contributed by atoms with Crippen LogP contribution in [-0.4, -0.2) is 5.25 Å². The third-order valence-corrected chi connectivity index (χ3v) is 7.71. The Morgan fingerprint density at radius 3 is 1.52 bits per heavy atom. The van der Waals surface area contributed by atoms with E-state index in [1.54, 1.807) is 38.5 Å². The average Bonchev–Trinajstić information content (AvgIpc) is 2.73. The molecule has 3 saturated carbocycles. The zero-order valence-corrected chi connectivity index (χ0v) is 15.0. The quantitative estimate of drug-likeness (QED) is 0.437. The zero-order valence-electron chi connectivity index (χ0n) is 14.1. The first-order chi connectivity index (χ1) is 10.2. The monoisotopic (exact) mass is 308 g/mol. The maximum Gasteiger partial charge on any atom is 0.00169 e. The lowest BCUT2D eigenvalue weighted by Gasteiger charge is -2.39. The molecule has 0 saturated heterocycles. The molecule has 3 aliphatic rings. The van der Waals surface area contributed by atoms with E-state index in [0.29, 0.717) is 5.25 Å². The summed E-state index contributed by atoms with van der Waals surface area (Å²) in [6, 6.07) is 0. The van der Waals surface area contributed by atoms with Gasteiger partial charge in [-0.25, -0.2) is 0 Å². The fourth-order valence-corrected chi connectivity index (χ4v) is 5.96. The second kappa shape index (κ2) is 7.75. The van der Waals surface area contributed by atoms with Gasteiger partial charge in [0, 0.05) is 5.25 Å². The van der Waals surface area contributed by atoms with Gasteiger partial charge in [-0.1, -0.05) is 32.6 Å². The lowest BCUT2D eigenvalue weighted by Crippen LogP contribution is -2.27. The summed E-state index contributed by atoms with van der Waals surface area (Å²) >= 11 is 4.73. The van der Waals surface area contributed by atoms with E-state index in [1.807, 2.05) is 0 Å². The van der Waals surface area contributed by atoms with Crippen molar-refractivity contribution in [3.63, 3.8) is 0 Å². The van der Waals surface area contributed by atoms with Crippen LogP contribution >= 0.6 is 12.6 Å². The van der Waals surface area contributed by atoms with E-state index in [9.17, 15) is 0 Å². The molecule has 0 aromatic heterocycles. The molecule has 0 aromatic carbocycles. The smallest absolute Gasteiger partial charge is 0.00169 e. The fourth-order valence-electron chi connectivity index (χ4n) is 5.63. The van der Waals surface area contributed by atoms with Crippen molar-refractivity contribution in [1.82, 2.24) is 0 Å². The fraction of sp³-hybridized carbons (Fsp3) is 1.00. The van der Waals surface area contributed by atoms with E-state index < -0.39 is 0 Å². The first-order valence-electron chi connectivity index (χ1n) is 9.90. The van der Waals surface area contributed by atoms with Gasteiger partial charge in [-0.05, 0) is 87.4 Å². The SMILES string of the molecule is CC1CCC(C2CCC(C3CCCC(S)CC3)CC2)CC1. The van der Waals surface area contributed by atoms with E-state index in [4.69, 9.17) is 12.6 Å². The standard InChI is InChI=1S/C20H36S/c1-15-5-7-17(8-6-15)19-11-9-18(10-12-19)16-3-2-4-20(21)14-13-16/h15-21H,2-14H2,1H3. The van der Waals surface area contributed by atoms with E-state index in [0.717, 1.165) is 29.6 Å². The Bertz CT molecular complexity index is 297. The Balaban J connectivity index is 1.44. The van der Waals surface area contributed by atoms with Crippen molar-refractivity contribution in [2.45, 2.75) is 95.6 Å². The minimum atomic E-state index is 0.704. The van der Waals surface area contributed by atoms with Crippen molar-refractivity contribution in [2.24, 2.45) is 29.6 Å². The molecule has 3 rings (SSSR count). The zero-order chi connectivity index (χ0) is 14.7. The third-order valence-electron chi connectivity index (χ3n) is 7.19. The van der Waals surface area contributed by atoms with Crippen molar-refractivity contribution in [2.75, 3.05) is 0 Å². The molecule has 21 heavy (non-hydrogen) atoms. The van der Waals surface area contributed by atoms with Crippen LogP contribution in [0, 0.1) is 29.6 Å². The highest BCUT2D eigenvalue weighted by Gasteiger charge is 2.33. The Morgan fingerprint density at radius 2 is 0.952 bits per heavy atom. The number of hydrogen-bond donors (Lipinski definition) is 1. The molecule has 2 atom stereocenters. The first-order valence-corrected chi connectivity index (χ1v) is 10.4. The molecule has 122 valence electrons. The largest absolute Gasteiger partial charge is 0.176 e. The van der Waals surface area contributed by atoms with Gasteiger partial charge >= 0.3 is 0 Å². The van der Waals surface area contributed by atoms with Crippen molar-refractivity contribution < 1.29 is 0 Å². The molecule has 0 aromatic rings. The topological polar surface area (TPSA) is 0 Å². The van der Waals surface area contributed by atoms with Gasteiger partial charge in [0.25, 0.3) is 0 Å². The van der Waals surface area contributed by atoms with Crippen LogP contribution in [0.15, 0.2) is 0 Å². The Hall–Kier alpha value is 0.350. The van der Waals surface area contributed by atoms with Gasteiger partial charge in [-0.3, -0.25) is 0 Å². The van der Waals surface area contributed by atoms with E-state index in [2.05, 4.69) is 6.92 Å². The summed E-state index contributed by atoms with van der Waals surface area (Å²) in [5, 5.41) is 0.704. The van der Waals surface area contributed by atoms with E-state index in [-0.39, 0.29) is 0 Å².